The van der Waals surface area contributed by atoms with Crippen LogP contribution in [0.4, 0.5) is 0 Å². The van der Waals surface area contributed by atoms with Crippen LogP contribution in [0.25, 0.3) is 0 Å². The first-order valence-electron chi connectivity index (χ1n) is 9.76. The third kappa shape index (κ3) is 5.15. The molecule has 3 amide bonds. The van der Waals surface area contributed by atoms with E-state index in [0.29, 0.717) is 25.1 Å². The van der Waals surface area contributed by atoms with Crippen LogP contribution < -0.4 is 16.8 Å². The van der Waals surface area contributed by atoms with E-state index in [2.05, 4.69) is 15.3 Å². The van der Waals surface area contributed by atoms with Gasteiger partial charge in [0.05, 0.1) is 18.1 Å². The van der Waals surface area contributed by atoms with Crippen molar-refractivity contribution in [2.45, 2.75) is 43.8 Å². The molecule has 3 rings (SSSR count). The van der Waals surface area contributed by atoms with E-state index in [1.165, 1.54) is 23.4 Å². The van der Waals surface area contributed by atoms with E-state index >= 15 is 0 Å². The Balaban J connectivity index is 1.71. The van der Waals surface area contributed by atoms with Gasteiger partial charge in [0.15, 0.2) is 0 Å². The Labute approximate surface area is 173 Å². The van der Waals surface area contributed by atoms with Crippen molar-refractivity contribution >= 4 is 17.7 Å². The van der Waals surface area contributed by atoms with Gasteiger partial charge in [-0.2, -0.15) is 0 Å². The van der Waals surface area contributed by atoms with Crippen molar-refractivity contribution in [3.63, 3.8) is 0 Å². The number of carbonyl (C=O) groups is 3. The summed E-state index contributed by atoms with van der Waals surface area (Å²) < 4.78 is 0. The summed E-state index contributed by atoms with van der Waals surface area (Å²) in [6, 6.07) is 3.89. The lowest BCUT2D eigenvalue weighted by atomic mass is 10.0. The number of benzene rings is 1. The number of aromatic hydroxyl groups is 1. The summed E-state index contributed by atoms with van der Waals surface area (Å²) in [5, 5.41) is 12.1. The molecule has 2 heterocycles. The molecule has 10 nitrogen and oxygen atoms in total. The van der Waals surface area contributed by atoms with E-state index in [1.54, 1.807) is 18.3 Å². The number of phenolic OH excluding ortho intramolecular Hbond substituents is 1. The number of carbonyl (C=O) groups excluding carboxylic acids is 3. The number of hydrogen-bond donors (Lipinski definition) is 5. The SMILES string of the molecule is NC(=O)[C@@H]1CCCN1C(=O)[C@H](Cc1c[nH]cn1)NC(=O)[C@@H](N)Cc1ccc(O)cc1. The van der Waals surface area contributed by atoms with Gasteiger partial charge in [0, 0.05) is 19.2 Å². The Kier molecular flexibility index (Phi) is 6.68. The molecule has 0 saturated carbocycles. The van der Waals surface area contributed by atoms with Crippen LogP contribution in [0.3, 0.4) is 0 Å². The second kappa shape index (κ2) is 9.40. The molecule has 1 aromatic heterocycles. The molecule has 0 radical (unpaired) electrons. The molecule has 1 aliphatic heterocycles. The van der Waals surface area contributed by atoms with Crippen molar-refractivity contribution in [1.82, 2.24) is 20.2 Å². The monoisotopic (exact) mass is 414 g/mol. The standard InChI is InChI=1S/C20H26N6O4/c21-15(8-12-3-5-14(27)6-4-12)19(29)25-16(9-13-10-23-11-24-13)20(30)26-7-1-2-17(26)18(22)28/h3-6,10-11,15-17,27H,1-2,7-9,21H2,(H2,22,28)(H,23,24)(H,25,29)/t15-,16-,17-/m0/s1. The number of rotatable bonds is 8. The zero-order valence-electron chi connectivity index (χ0n) is 16.5. The lowest BCUT2D eigenvalue weighted by Gasteiger charge is -2.28. The van der Waals surface area contributed by atoms with Gasteiger partial charge in [-0.05, 0) is 37.0 Å². The first-order valence-corrected chi connectivity index (χ1v) is 9.76. The maximum atomic E-state index is 13.1. The average Bonchev–Trinajstić information content (AvgIpc) is 3.40. The van der Waals surface area contributed by atoms with E-state index in [1.807, 2.05) is 0 Å². The first-order chi connectivity index (χ1) is 14.3. The zero-order valence-corrected chi connectivity index (χ0v) is 16.5. The van der Waals surface area contributed by atoms with Crippen molar-refractivity contribution in [1.29, 1.82) is 0 Å². The largest absolute Gasteiger partial charge is 0.508 e. The van der Waals surface area contributed by atoms with Crippen LogP contribution in [-0.4, -0.2) is 62.4 Å². The Morgan fingerprint density at radius 3 is 2.63 bits per heavy atom. The van der Waals surface area contributed by atoms with Crippen LogP contribution >= 0.6 is 0 Å². The number of likely N-dealkylation sites (tertiary alicyclic amines) is 1. The number of nitrogens with two attached hydrogens (primary N) is 2. The molecule has 3 atom stereocenters. The van der Waals surface area contributed by atoms with E-state index < -0.39 is 29.9 Å². The van der Waals surface area contributed by atoms with E-state index in [9.17, 15) is 19.5 Å². The first kappa shape index (κ1) is 21.3. The second-order valence-electron chi connectivity index (χ2n) is 7.39. The fourth-order valence-electron chi connectivity index (χ4n) is 3.60. The number of primary amides is 1. The van der Waals surface area contributed by atoms with Crippen LogP contribution in [-0.2, 0) is 27.2 Å². The third-order valence-electron chi connectivity index (χ3n) is 5.18. The number of nitrogens with zero attached hydrogens (tertiary/aromatic N) is 2. The Morgan fingerprint density at radius 2 is 2.00 bits per heavy atom. The van der Waals surface area contributed by atoms with Crippen LogP contribution in [0.15, 0.2) is 36.8 Å². The smallest absolute Gasteiger partial charge is 0.246 e. The molecule has 30 heavy (non-hydrogen) atoms. The number of nitrogens with one attached hydrogen (secondary N) is 2. The topological polar surface area (TPSA) is 167 Å². The van der Waals surface area contributed by atoms with Gasteiger partial charge in [0.2, 0.25) is 17.7 Å². The highest BCUT2D eigenvalue weighted by molar-refractivity contribution is 5.93. The highest BCUT2D eigenvalue weighted by atomic mass is 16.3. The quantitative estimate of drug-likeness (QED) is 0.378. The Morgan fingerprint density at radius 1 is 1.27 bits per heavy atom. The fourth-order valence-corrected chi connectivity index (χ4v) is 3.60. The van der Waals surface area contributed by atoms with Gasteiger partial charge >= 0.3 is 0 Å². The lowest BCUT2D eigenvalue weighted by Crippen LogP contribution is -2.56. The minimum absolute atomic E-state index is 0.121. The number of imidazole rings is 1. The highest BCUT2D eigenvalue weighted by Crippen LogP contribution is 2.19. The summed E-state index contributed by atoms with van der Waals surface area (Å²) in [5.74, 6) is -1.32. The van der Waals surface area contributed by atoms with E-state index in [0.717, 1.165) is 5.56 Å². The summed E-state index contributed by atoms with van der Waals surface area (Å²) >= 11 is 0. The third-order valence-corrected chi connectivity index (χ3v) is 5.18. The fraction of sp³-hybridized carbons (Fsp3) is 0.400. The van der Waals surface area contributed by atoms with Crippen LogP contribution in [0, 0.1) is 0 Å². The Hall–Kier alpha value is -3.40. The summed E-state index contributed by atoms with van der Waals surface area (Å²) in [7, 11) is 0. The average molecular weight is 414 g/mol. The number of hydrogen-bond acceptors (Lipinski definition) is 6. The number of H-pyrrole nitrogens is 1. The summed E-state index contributed by atoms with van der Waals surface area (Å²) in [4.78, 5) is 45.9. The molecular weight excluding hydrogens is 388 g/mol. The molecule has 2 aromatic rings. The summed E-state index contributed by atoms with van der Waals surface area (Å²) in [5.41, 5.74) is 12.8. The molecule has 0 unspecified atom stereocenters. The number of aromatic amines is 1. The van der Waals surface area contributed by atoms with Crippen molar-refractivity contribution in [3.8, 4) is 5.75 Å². The van der Waals surface area contributed by atoms with Crippen LogP contribution in [0.2, 0.25) is 0 Å². The maximum Gasteiger partial charge on any atom is 0.246 e. The minimum Gasteiger partial charge on any atom is -0.508 e. The van der Waals surface area contributed by atoms with Gasteiger partial charge in [-0.25, -0.2) is 4.98 Å². The molecule has 10 heteroatoms. The predicted molar refractivity (Wildman–Crippen MR) is 108 cm³/mol. The molecule has 1 aliphatic rings. The molecular formula is C20H26N6O4. The number of amides is 3. The molecule has 0 aliphatic carbocycles. The molecule has 0 bridgehead atoms. The van der Waals surface area contributed by atoms with Crippen LogP contribution in [0.1, 0.15) is 24.1 Å². The van der Waals surface area contributed by atoms with Crippen molar-refractivity contribution < 1.29 is 19.5 Å². The van der Waals surface area contributed by atoms with Gasteiger partial charge in [-0.15, -0.1) is 0 Å². The highest BCUT2D eigenvalue weighted by Gasteiger charge is 2.37. The van der Waals surface area contributed by atoms with Crippen molar-refractivity contribution in [2.75, 3.05) is 6.54 Å². The van der Waals surface area contributed by atoms with Gasteiger partial charge < -0.3 is 31.8 Å². The lowest BCUT2D eigenvalue weighted by molar-refractivity contribution is -0.140. The van der Waals surface area contributed by atoms with Crippen molar-refractivity contribution in [3.05, 3.63) is 48.0 Å². The zero-order chi connectivity index (χ0) is 21.7. The molecule has 1 aromatic carbocycles. The second-order valence-corrected chi connectivity index (χ2v) is 7.39. The van der Waals surface area contributed by atoms with Gasteiger partial charge in [0.25, 0.3) is 0 Å². The van der Waals surface area contributed by atoms with Gasteiger partial charge in [-0.1, -0.05) is 12.1 Å². The van der Waals surface area contributed by atoms with Gasteiger partial charge in [0.1, 0.15) is 17.8 Å². The summed E-state index contributed by atoms with van der Waals surface area (Å²) in [6.07, 6.45) is 4.69. The van der Waals surface area contributed by atoms with Crippen molar-refractivity contribution in [2.24, 2.45) is 11.5 Å². The maximum absolute atomic E-state index is 13.1. The minimum atomic E-state index is -0.924. The van der Waals surface area contributed by atoms with Gasteiger partial charge in [-0.3, -0.25) is 14.4 Å². The molecule has 0 spiro atoms. The molecule has 1 saturated heterocycles. The Bertz CT molecular complexity index is 883. The van der Waals surface area contributed by atoms with E-state index in [4.69, 9.17) is 11.5 Å². The van der Waals surface area contributed by atoms with Crippen LogP contribution in [0.5, 0.6) is 5.75 Å². The van der Waals surface area contributed by atoms with E-state index in [-0.39, 0.29) is 24.5 Å². The molecule has 1 fully saturated rings. The molecule has 160 valence electrons. The number of aromatic nitrogens is 2. The normalized spacial score (nSPS) is 18.0. The molecule has 7 N–H and O–H groups in total. The summed E-state index contributed by atoms with van der Waals surface area (Å²) in [6.45, 7) is 0.402. The number of phenols is 1. The predicted octanol–water partition coefficient (Wildman–Crippen LogP) is -0.811.